The van der Waals surface area contributed by atoms with Gasteiger partial charge >= 0.3 is 0 Å². The molecule has 2 rings (SSSR count). The quantitative estimate of drug-likeness (QED) is 0.892. The van der Waals surface area contributed by atoms with Gasteiger partial charge < -0.3 is 10.1 Å². The van der Waals surface area contributed by atoms with Crippen molar-refractivity contribution in [3.63, 3.8) is 0 Å². The van der Waals surface area contributed by atoms with Gasteiger partial charge in [0, 0.05) is 22.5 Å². The van der Waals surface area contributed by atoms with Gasteiger partial charge in [-0.1, -0.05) is 35.7 Å². The Morgan fingerprint density at radius 2 is 2.29 bits per heavy atom. The van der Waals surface area contributed by atoms with Crippen molar-refractivity contribution in [2.45, 2.75) is 38.6 Å². The Morgan fingerprint density at radius 1 is 1.47 bits per heavy atom. The lowest BCUT2D eigenvalue weighted by Gasteiger charge is -2.19. The van der Waals surface area contributed by atoms with Crippen molar-refractivity contribution >= 4 is 15.9 Å². The van der Waals surface area contributed by atoms with E-state index in [0.717, 1.165) is 23.2 Å². The fourth-order valence-electron chi connectivity index (χ4n) is 2.42. The van der Waals surface area contributed by atoms with E-state index >= 15 is 0 Å². The molecule has 17 heavy (non-hydrogen) atoms. The number of hydrogen-bond acceptors (Lipinski definition) is 2. The van der Waals surface area contributed by atoms with E-state index < -0.39 is 0 Å². The lowest BCUT2D eigenvalue weighted by Crippen LogP contribution is -2.17. The van der Waals surface area contributed by atoms with Gasteiger partial charge in [-0.25, -0.2) is 0 Å². The van der Waals surface area contributed by atoms with Crippen molar-refractivity contribution in [2.24, 2.45) is 0 Å². The molecule has 0 aliphatic carbocycles. The number of benzene rings is 1. The van der Waals surface area contributed by atoms with Gasteiger partial charge in [-0.05, 0) is 31.2 Å². The van der Waals surface area contributed by atoms with Crippen molar-refractivity contribution in [1.29, 1.82) is 0 Å². The van der Waals surface area contributed by atoms with E-state index in [2.05, 4.69) is 40.3 Å². The zero-order chi connectivity index (χ0) is 12.3. The maximum absolute atomic E-state index is 5.79. The van der Waals surface area contributed by atoms with Gasteiger partial charge in [0.05, 0.1) is 6.61 Å². The SMILES string of the molecule is CCCCC(NC)c1cc(Br)cc2c1OCC2. The minimum atomic E-state index is 0.402. The van der Waals surface area contributed by atoms with E-state index in [9.17, 15) is 0 Å². The summed E-state index contributed by atoms with van der Waals surface area (Å²) in [7, 11) is 2.03. The topological polar surface area (TPSA) is 21.3 Å². The average molecular weight is 298 g/mol. The summed E-state index contributed by atoms with van der Waals surface area (Å²) in [4.78, 5) is 0. The second kappa shape index (κ2) is 5.87. The van der Waals surface area contributed by atoms with Crippen LogP contribution >= 0.6 is 15.9 Å². The molecule has 3 heteroatoms. The molecule has 1 aromatic rings. The highest BCUT2D eigenvalue weighted by atomic mass is 79.9. The molecule has 1 N–H and O–H groups in total. The summed E-state index contributed by atoms with van der Waals surface area (Å²) in [5.41, 5.74) is 2.65. The summed E-state index contributed by atoms with van der Waals surface area (Å²) in [5, 5.41) is 3.41. The molecule has 1 aromatic carbocycles. The molecule has 1 aliphatic heterocycles. The van der Waals surface area contributed by atoms with Crippen LogP contribution < -0.4 is 10.1 Å². The molecule has 0 fully saturated rings. The first-order valence-corrected chi connectivity index (χ1v) is 7.18. The van der Waals surface area contributed by atoms with E-state index in [-0.39, 0.29) is 0 Å². The molecule has 94 valence electrons. The molecule has 1 aliphatic rings. The molecule has 1 unspecified atom stereocenters. The molecule has 0 saturated heterocycles. The van der Waals surface area contributed by atoms with Gasteiger partial charge in [0.25, 0.3) is 0 Å². The predicted octanol–water partition coefficient (Wildman–Crippen LogP) is 3.83. The second-order valence-electron chi connectivity index (χ2n) is 4.57. The first-order chi connectivity index (χ1) is 8.26. The van der Waals surface area contributed by atoms with Crippen LogP contribution in [-0.4, -0.2) is 13.7 Å². The Morgan fingerprint density at radius 3 is 3.00 bits per heavy atom. The summed E-state index contributed by atoms with van der Waals surface area (Å²) < 4.78 is 6.95. The van der Waals surface area contributed by atoms with E-state index in [1.807, 2.05) is 7.05 Å². The van der Waals surface area contributed by atoms with Crippen LogP contribution in [0.5, 0.6) is 5.75 Å². The largest absolute Gasteiger partial charge is 0.493 e. The van der Waals surface area contributed by atoms with Crippen molar-refractivity contribution in [1.82, 2.24) is 5.32 Å². The lowest BCUT2D eigenvalue weighted by molar-refractivity contribution is 0.347. The summed E-state index contributed by atoms with van der Waals surface area (Å²) in [6.07, 6.45) is 4.67. The maximum Gasteiger partial charge on any atom is 0.127 e. The Balaban J connectivity index is 2.29. The number of nitrogens with one attached hydrogen (secondary N) is 1. The normalized spacial score (nSPS) is 15.5. The molecule has 0 bridgehead atoms. The number of hydrogen-bond donors (Lipinski definition) is 1. The molecule has 0 amide bonds. The highest BCUT2D eigenvalue weighted by molar-refractivity contribution is 9.10. The Bertz CT molecular complexity index is 392. The van der Waals surface area contributed by atoms with Crippen LogP contribution in [0.2, 0.25) is 0 Å². The minimum absolute atomic E-state index is 0.402. The highest BCUT2D eigenvalue weighted by Crippen LogP contribution is 2.37. The summed E-state index contributed by atoms with van der Waals surface area (Å²) in [6.45, 7) is 3.05. The molecule has 1 heterocycles. The van der Waals surface area contributed by atoms with Crippen LogP contribution in [0.15, 0.2) is 16.6 Å². The molecular formula is C14H20BrNO. The number of unbranched alkanes of at least 4 members (excludes halogenated alkanes) is 1. The van der Waals surface area contributed by atoms with E-state index in [0.29, 0.717) is 6.04 Å². The summed E-state index contributed by atoms with van der Waals surface area (Å²) >= 11 is 3.60. The lowest BCUT2D eigenvalue weighted by atomic mass is 9.98. The predicted molar refractivity (Wildman–Crippen MR) is 74.7 cm³/mol. The third-order valence-corrected chi connectivity index (χ3v) is 3.81. The maximum atomic E-state index is 5.79. The molecule has 0 radical (unpaired) electrons. The van der Waals surface area contributed by atoms with Gasteiger partial charge in [0.2, 0.25) is 0 Å². The molecular weight excluding hydrogens is 278 g/mol. The summed E-state index contributed by atoms with van der Waals surface area (Å²) in [6, 6.07) is 4.78. The van der Waals surface area contributed by atoms with Gasteiger partial charge in [0.15, 0.2) is 0 Å². The van der Waals surface area contributed by atoms with E-state index in [4.69, 9.17) is 4.74 Å². The number of halogens is 1. The minimum Gasteiger partial charge on any atom is -0.493 e. The smallest absolute Gasteiger partial charge is 0.127 e. The summed E-state index contributed by atoms with van der Waals surface area (Å²) in [5.74, 6) is 1.11. The monoisotopic (exact) mass is 297 g/mol. The van der Waals surface area contributed by atoms with Crippen LogP contribution in [0.3, 0.4) is 0 Å². The fourth-order valence-corrected chi connectivity index (χ4v) is 2.94. The van der Waals surface area contributed by atoms with Crippen molar-refractivity contribution in [3.05, 3.63) is 27.7 Å². The van der Waals surface area contributed by atoms with Gasteiger partial charge in [0.1, 0.15) is 5.75 Å². The van der Waals surface area contributed by atoms with Crippen LogP contribution in [0.25, 0.3) is 0 Å². The third kappa shape index (κ3) is 2.83. The van der Waals surface area contributed by atoms with Crippen molar-refractivity contribution in [2.75, 3.05) is 13.7 Å². The Labute approximate surface area is 112 Å². The van der Waals surface area contributed by atoms with Crippen molar-refractivity contribution in [3.8, 4) is 5.75 Å². The zero-order valence-corrected chi connectivity index (χ0v) is 12.1. The average Bonchev–Trinajstić information content (AvgIpc) is 2.77. The first kappa shape index (κ1) is 12.9. The molecule has 1 atom stereocenters. The van der Waals surface area contributed by atoms with E-state index in [1.54, 1.807) is 0 Å². The van der Waals surface area contributed by atoms with Crippen LogP contribution in [0, 0.1) is 0 Å². The molecule has 2 nitrogen and oxygen atoms in total. The first-order valence-electron chi connectivity index (χ1n) is 6.38. The van der Waals surface area contributed by atoms with Crippen LogP contribution in [-0.2, 0) is 6.42 Å². The van der Waals surface area contributed by atoms with Crippen LogP contribution in [0.4, 0.5) is 0 Å². The number of ether oxygens (including phenoxy) is 1. The molecule has 0 aromatic heterocycles. The zero-order valence-electron chi connectivity index (χ0n) is 10.6. The van der Waals surface area contributed by atoms with Crippen molar-refractivity contribution < 1.29 is 4.74 Å². The highest BCUT2D eigenvalue weighted by Gasteiger charge is 2.22. The van der Waals surface area contributed by atoms with Crippen LogP contribution in [0.1, 0.15) is 43.4 Å². The number of rotatable bonds is 5. The molecule has 0 spiro atoms. The Hall–Kier alpha value is -0.540. The second-order valence-corrected chi connectivity index (χ2v) is 5.48. The van der Waals surface area contributed by atoms with E-state index in [1.165, 1.54) is 30.4 Å². The van der Waals surface area contributed by atoms with Gasteiger partial charge in [-0.3, -0.25) is 0 Å². The standard InChI is InChI=1S/C14H20BrNO/c1-3-4-5-13(16-2)12-9-11(15)8-10-6-7-17-14(10)12/h8-9,13,16H,3-7H2,1-2H3. The third-order valence-electron chi connectivity index (χ3n) is 3.35. The molecule has 0 saturated carbocycles. The fraction of sp³-hybridized carbons (Fsp3) is 0.571. The Kier molecular flexibility index (Phi) is 4.46. The van der Waals surface area contributed by atoms with Gasteiger partial charge in [-0.2, -0.15) is 0 Å². The number of fused-ring (bicyclic) bond motifs is 1. The van der Waals surface area contributed by atoms with Gasteiger partial charge in [-0.15, -0.1) is 0 Å².